The average Bonchev–Trinajstić information content (AvgIpc) is 3.10. The lowest BCUT2D eigenvalue weighted by Crippen LogP contribution is -2.18. The van der Waals surface area contributed by atoms with Crippen molar-refractivity contribution >= 4 is 11.6 Å². The summed E-state index contributed by atoms with van der Waals surface area (Å²) >= 11 is 0. The molecule has 19 heavy (non-hydrogen) atoms. The van der Waals surface area contributed by atoms with Gasteiger partial charge in [-0.05, 0) is 30.1 Å². The van der Waals surface area contributed by atoms with Gasteiger partial charge in [0.15, 0.2) is 0 Å². The standard InChI is InChI=1S/C12H12N4O3/c17-16(18)10-5-3-9(4-6-10)11-13-12(14-19-11)15-7-1-2-8-15/h3-6H,1-2,7-8H2. The van der Waals surface area contributed by atoms with Gasteiger partial charge in [0, 0.05) is 30.8 Å². The van der Waals surface area contributed by atoms with Gasteiger partial charge in [-0.1, -0.05) is 0 Å². The number of nitrogens with zero attached hydrogens (tertiary/aromatic N) is 4. The number of anilines is 1. The molecule has 98 valence electrons. The van der Waals surface area contributed by atoms with Crippen LogP contribution in [0.15, 0.2) is 28.8 Å². The molecule has 0 bridgehead atoms. The molecule has 1 aromatic carbocycles. The van der Waals surface area contributed by atoms with Crippen LogP contribution in [0.25, 0.3) is 11.5 Å². The third-order valence-electron chi connectivity index (χ3n) is 3.13. The molecule has 2 heterocycles. The molecule has 1 fully saturated rings. The zero-order valence-corrected chi connectivity index (χ0v) is 10.2. The van der Waals surface area contributed by atoms with Crippen LogP contribution in [0.4, 0.5) is 11.6 Å². The van der Waals surface area contributed by atoms with Crippen LogP contribution in [-0.2, 0) is 0 Å². The number of nitro groups is 1. The van der Waals surface area contributed by atoms with Crippen LogP contribution in [0.1, 0.15) is 12.8 Å². The quantitative estimate of drug-likeness (QED) is 0.621. The summed E-state index contributed by atoms with van der Waals surface area (Å²) in [6.07, 6.45) is 2.28. The van der Waals surface area contributed by atoms with Gasteiger partial charge in [0.1, 0.15) is 0 Å². The van der Waals surface area contributed by atoms with E-state index in [0.29, 0.717) is 17.4 Å². The first-order valence-electron chi connectivity index (χ1n) is 6.07. The zero-order valence-electron chi connectivity index (χ0n) is 10.2. The second kappa shape index (κ2) is 4.68. The Morgan fingerprint density at radius 1 is 1.21 bits per heavy atom. The number of non-ortho nitro benzene ring substituents is 1. The van der Waals surface area contributed by atoms with E-state index in [1.807, 2.05) is 0 Å². The molecule has 0 spiro atoms. The number of hydrogen-bond donors (Lipinski definition) is 0. The van der Waals surface area contributed by atoms with Gasteiger partial charge in [-0.2, -0.15) is 4.98 Å². The normalized spacial score (nSPS) is 14.8. The highest BCUT2D eigenvalue weighted by Gasteiger charge is 2.18. The highest BCUT2D eigenvalue weighted by molar-refractivity contribution is 5.56. The molecule has 0 amide bonds. The van der Waals surface area contributed by atoms with Gasteiger partial charge in [0.2, 0.25) is 0 Å². The second-order valence-corrected chi connectivity index (χ2v) is 4.40. The lowest BCUT2D eigenvalue weighted by atomic mass is 10.2. The molecule has 1 saturated heterocycles. The molecule has 7 nitrogen and oxygen atoms in total. The number of aromatic nitrogens is 2. The fraction of sp³-hybridized carbons (Fsp3) is 0.333. The second-order valence-electron chi connectivity index (χ2n) is 4.40. The summed E-state index contributed by atoms with van der Waals surface area (Å²) in [5.41, 5.74) is 0.728. The summed E-state index contributed by atoms with van der Waals surface area (Å²) < 4.78 is 5.19. The number of hydrogen-bond acceptors (Lipinski definition) is 6. The Hall–Kier alpha value is -2.44. The minimum absolute atomic E-state index is 0.0445. The van der Waals surface area contributed by atoms with Crippen molar-refractivity contribution in [3.63, 3.8) is 0 Å². The van der Waals surface area contributed by atoms with E-state index < -0.39 is 4.92 Å². The fourth-order valence-corrected chi connectivity index (χ4v) is 2.10. The first kappa shape index (κ1) is 11.6. The van der Waals surface area contributed by atoms with Crippen molar-refractivity contribution in [2.24, 2.45) is 0 Å². The van der Waals surface area contributed by atoms with Gasteiger partial charge in [-0.3, -0.25) is 10.1 Å². The van der Waals surface area contributed by atoms with E-state index in [1.54, 1.807) is 12.1 Å². The average molecular weight is 260 g/mol. The molecular formula is C12H12N4O3. The molecule has 2 aromatic rings. The fourth-order valence-electron chi connectivity index (χ4n) is 2.10. The number of rotatable bonds is 3. The van der Waals surface area contributed by atoms with E-state index >= 15 is 0 Å². The first-order chi connectivity index (χ1) is 9.24. The minimum atomic E-state index is -0.437. The topological polar surface area (TPSA) is 85.3 Å². The minimum Gasteiger partial charge on any atom is -0.338 e. The Balaban J connectivity index is 1.83. The van der Waals surface area contributed by atoms with Gasteiger partial charge < -0.3 is 9.42 Å². The maximum Gasteiger partial charge on any atom is 0.269 e. The highest BCUT2D eigenvalue weighted by atomic mass is 16.6. The Morgan fingerprint density at radius 2 is 1.89 bits per heavy atom. The summed E-state index contributed by atoms with van der Waals surface area (Å²) in [5, 5.41) is 14.5. The molecular weight excluding hydrogens is 248 g/mol. The monoisotopic (exact) mass is 260 g/mol. The predicted molar refractivity (Wildman–Crippen MR) is 67.8 cm³/mol. The van der Waals surface area contributed by atoms with E-state index in [9.17, 15) is 10.1 Å². The maximum atomic E-state index is 10.6. The lowest BCUT2D eigenvalue weighted by Gasteiger charge is -2.09. The van der Waals surface area contributed by atoms with Gasteiger partial charge in [0.25, 0.3) is 17.5 Å². The Kier molecular flexibility index (Phi) is 2.86. The van der Waals surface area contributed by atoms with E-state index in [4.69, 9.17) is 4.52 Å². The molecule has 0 N–H and O–H groups in total. The first-order valence-corrected chi connectivity index (χ1v) is 6.07. The van der Waals surface area contributed by atoms with E-state index in [-0.39, 0.29) is 5.69 Å². The summed E-state index contributed by atoms with van der Waals surface area (Å²) in [6, 6.07) is 6.07. The van der Waals surface area contributed by atoms with Crippen molar-refractivity contribution in [2.45, 2.75) is 12.8 Å². The predicted octanol–water partition coefficient (Wildman–Crippen LogP) is 2.25. The number of nitro benzene ring substituents is 1. The Labute approximate surface area is 109 Å². The van der Waals surface area contributed by atoms with Gasteiger partial charge in [-0.25, -0.2) is 0 Å². The molecule has 7 heteroatoms. The smallest absolute Gasteiger partial charge is 0.269 e. The van der Waals surface area contributed by atoms with E-state index in [0.717, 1.165) is 25.9 Å². The third-order valence-corrected chi connectivity index (χ3v) is 3.13. The summed E-state index contributed by atoms with van der Waals surface area (Å²) in [6.45, 7) is 1.89. The lowest BCUT2D eigenvalue weighted by molar-refractivity contribution is -0.384. The van der Waals surface area contributed by atoms with Crippen LogP contribution >= 0.6 is 0 Å². The molecule has 0 radical (unpaired) electrons. The summed E-state index contributed by atoms with van der Waals surface area (Å²) in [5.74, 6) is 0.975. The molecule has 0 saturated carbocycles. The van der Waals surface area contributed by atoms with Crippen LogP contribution in [0.5, 0.6) is 0 Å². The molecule has 1 aliphatic rings. The van der Waals surface area contributed by atoms with Crippen molar-refractivity contribution in [3.05, 3.63) is 34.4 Å². The molecule has 1 aliphatic heterocycles. The third kappa shape index (κ3) is 2.26. The van der Waals surface area contributed by atoms with Crippen molar-refractivity contribution in [1.29, 1.82) is 0 Å². The van der Waals surface area contributed by atoms with Crippen molar-refractivity contribution in [3.8, 4) is 11.5 Å². The molecule has 0 unspecified atom stereocenters. The van der Waals surface area contributed by atoms with Crippen molar-refractivity contribution in [1.82, 2.24) is 10.1 Å². The van der Waals surface area contributed by atoms with Crippen LogP contribution in [0.2, 0.25) is 0 Å². The van der Waals surface area contributed by atoms with Crippen molar-refractivity contribution < 1.29 is 9.45 Å². The molecule has 3 rings (SSSR count). The zero-order chi connectivity index (χ0) is 13.2. The van der Waals surface area contributed by atoms with E-state index in [2.05, 4.69) is 15.0 Å². The van der Waals surface area contributed by atoms with Gasteiger partial charge in [-0.15, -0.1) is 0 Å². The Morgan fingerprint density at radius 3 is 2.53 bits per heavy atom. The van der Waals surface area contributed by atoms with Gasteiger partial charge >= 0.3 is 0 Å². The SMILES string of the molecule is O=[N+]([O-])c1ccc(-c2nc(N3CCCC3)no2)cc1. The summed E-state index contributed by atoms with van der Waals surface area (Å²) in [4.78, 5) is 16.5. The molecule has 1 aromatic heterocycles. The summed E-state index contributed by atoms with van der Waals surface area (Å²) in [7, 11) is 0. The number of benzene rings is 1. The Bertz CT molecular complexity index is 587. The van der Waals surface area contributed by atoms with E-state index in [1.165, 1.54) is 12.1 Å². The van der Waals surface area contributed by atoms with Crippen LogP contribution in [0.3, 0.4) is 0 Å². The molecule has 0 atom stereocenters. The van der Waals surface area contributed by atoms with Gasteiger partial charge in [0.05, 0.1) is 4.92 Å². The molecule has 0 aliphatic carbocycles. The largest absolute Gasteiger partial charge is 0.338 e. The highest BCUT2D eigenvalue weighted by Crippen LogP contribution is 2.24. The maximum absolute atomic E-state index is 10.6. The van der Waals surface area contributed by atoms with Crippen LogP contribution in [0, 0.1) is 10.1 Å². The van der Waals surface area contributed by atoms with Crippen LogP contribution < -0.4 is 4.90 Å². The van der Waals surface area contributed by atoms with Crippen LogP contribution in [-0.4, -0.2) is 28.2 Å². The van der Waals surface area contributed by atoms with Crippen molar-refractivity contribution in [2.75, 3.05) is 18.0 Å².